The standard InChI is InChI=1S/C7H8N2O3/c1-4-3-6(9-12-4)8-7(11)5(2)10/h3H,1-2H3,(H,8,9,11). The van der Waals surface area contributed by atoms with Crippen LogP contribution < -0.4 is 5.32 Å². The van der Waals surface area contributed by atoms with Crippen LogP contribution in [0, 0.1) is 6.92 Å². The molecule has 0 bridgehead atoms. The van der Waals surface area contributed by atoms with E-state index in [1.54, 1.807) is 6.92 Å². The number of anilines is 1. The molecule has 12 heavy (non-hydrogen) atoms. The van der Waals surface area contributed by atoms with Gasteiger partial charge in [0.1, 0.15) is 5.76 Å². The molecule has 0 fully saturated rings. The number of nitrogens with zero attached hydrogens (tertiary/aromatic N) is 1. The van der Waals surface area contributed by atoms with Crippen LogP contribution in [0.4, 0.5) is 5.82 Å². The Bertz CT molecular complexity index is 316. The van der Waals surface area contributed by atoms with Crippen LogP contribution in [-0.4, -0.2) is 16.8 Å². The Balaban J connectivity index is 2.64. The summed E-state index contributed by atoms with van der Waals surface area (Å²) >= 11 is 0. The number of rotatable bonds is 2. The lowest BCUT2D eigenvalue weighted by Gasteiger charge is -1.93. The Morgan fingerprint density at radius 1 is 1.58 bits per heavy atom. The second kappa shape index (κ2) is 3.17. The first kappa shape index (κ1) is 8.45. The quantitative estimate of drug-likeness (QED) is 0.653. The fourth-order valence-electron chi connectivity index (χ4n) is 0.630. The minimum Gasteiger partial charge on any atom is -0.360 e. The first-order valence-corrected chi connectivity index (χ1v) is 3.35. The van der Waals surface area contributed by atoms with Crippen LogP contribution >= 0.6 is 0 Å². The van der Waals surface area contributed by atoms with E-state index in [9.17, 15) is 9.59 Å². The first-order chi connectivity index (χ1) is 5.59. The van der Waals surface area contributed by atoms with Crippen molar-refractivity contribution >= 4 is 17.5 Å². The van der Waals surface area contributed by atoms with Gasteiger partial charge >= 0.3 is 0 Å². The molecule has 0 aromatic carbocycles. The molecule has 1 amide bonds. The average Bonchev–Trinajstić information content (AvgIpc) is 2.35. The maximum absolute atomic E-state index is 10.8. The number of nitrogens with one attached hydrogen (secondary N) is 1. The predicted octanol–water partition coefficient (Wildman–Crippen LogP) is 0.511. The molecule has 0 radical (unpaired) electrons. The second-order valence-corrected chi connectivity index (χ2v) is 2.33. The van der Waals surface area contributed by atoms with E-state index in [1.165, 1.54) is 13.0 Å². The Kier molecular flexibility index (Phi) is 2.23. The summed E-state index contributed by atoms with van der Waals surface area (Å²) in [4.78, 5) is 21.3. The van der Waals surface area contributed by atoms with Gasteiger partial charge in [0.2, 0.25) is 5.78 Å². The van der Waals surface area contributed by atoms with Crippen molar-refractivity contribution in [3.05, 3.63) is 11.8 Å². The normalized spacial score (nSPS) is 9.50. The molecule has 0 aliphatic rings. The summed E-state index contributed by atoms with van der Waals surface area (Å²) in [7, 11) is 0. The molecule has 1 N–H and O–H groups in total. The zero-order valence-corrected chi connectivity index (χ0v) is 6.75. The van der Waals surface area contributed by atoms with E-state index in [4.69, 9.17) is 0 Å². The van der Waals surface area contributed by atoms with Crippen LogP contribution in [0.2, 0.25) is 0 Å². The number of hydrogen-bond acceptors (Lipinski definition) is 4. The Hall–Kier alpha value is -1.65. The van der Waals surface area contributed by atoms with Crippen LogP contribution in [0.1, 0.15) is 12.7 Å². The zero-order chi connectivity index (χ0) is 9.14. The third-order valence-electron chi connectivity index (χ3n) is 1.19. The molecule has 5 nitrogen and oxygen atoms in total. The maximum Gasteiger partial charge on any atom is 0.292 e. The number of amides is 1. The van der Waals surface area contributed by atoms with E-state index in [2.05, 4.69) is 15.0 Å². The number of Topliss-reactive ketones (excluding diaryl/α,β-unsaturated/α-hetero) is 1. The first-order valence-electron chi connectivity index (χ1n) is 3.35. The Morgan fingerprint density at radius 3 is 2.67 bits per heavy atom. The van der Waals surface area contributed by atoms with Crippen molar-refractivity contribution in [2.24, 2.45) is 0 Å². The predicted molar refractivity (Wildman–Crippen MR) is 40.6 cm³/mol. The summed E-state index contributed by atoms with van der Waals surface area (Å²) in [5, 5.41) is 5.75. The molecule has 1 rings (SSSR count). The molecule has 0 saturated heterocycles. The smallest absolute Gasteiger partial charge is 0.292 e. The van der Waals surface area contributed by atoms with Gasteiger partial charge in [-0.2, -0.15) is 0 Å². The molecule has 1 aromatic heterocycles. The minimum absolute atomic E-state index is 0.257. The van der Waals surface area contributed by atoms with Crippen molar-refractivity contribution in [1.29, 1.82) is 0 Å². The summed E-state index contributed by atoms with van der Waals surface area (Å²) in [6.45, 7) is 2.87. The van der Waals surface area contributed by atoms with Gasteiger partial charge in [0.05, 0.1) is 0 Å². The zero-order valence-electron chi connectivity index (χ0n) is 6.75. The van der Waals surface area contributed by atoms with Gasteiger partial charge in [0.15, 0.2) is 5.82 Å². The van der Waals surface area contributed by atoms with Crippen LogP contribution in [0.25, 0.3) is 0 Å². The summed E-state index contributed by atoms with van der Waals surface area (Å²) in [5.41, 5.74) is 0. The second-order valence-electron chi connectivity index (χ2n) is 2.33. The topological polar surface area (TPSA) is 72.2 Å². The molecule has 64 valence electrons. The molecule has 0 unspecified atom stereocenters. The lowest BCUT2D eigenvalue weighted by molar-refractivity contribution is -0.133. The van der Waals surface area contributed by atoms with Crippen LogP contribution in [0.3, 0.4) is 0 Å². The van der Waals surface area contributed by atoms with Crippen molar-refractivity contribution < 1.29 is 14.1 Å². The molecule has 1 heterocycles. The molecule has 0 spiro atoms. The van der Waals surface area contributed by atoms with E-state index in [0.29, 0.717) is 5.76 Å². The van der Waals surface area contributed by atoms with Crippen molar-refractivity contribution in [2.75, 3.05) is 5.32 Å². The largest absolute Gasteiger partial charge is 0.360 e. The van der Waals surface area contributed by atoms with E-state index in [0.717, 1.165) is 0 Å². The van der Waals surface area contributed by atoms with Crippen molar-refractivity contribution in [2.45, 2.75) is 13.8 Å². The van der Waals surface area contributed by atoms with Crippen LogP contribution in [-0.2, 0) is 9.59 Å². The minimum atomic E-state index is -0.691. The third kappa shape index (κ3) is 1.91. The SMILES string of the molecule is CC(=O)C(=O)Nc1cc(C)on1. The molecular formula is C7H8N2O3. The van der Waals surface area contributed by atoms with Gasteiger partial charge in [-0.1, -0.05) is 5.16 Å². The fraction of sp³-hybridized carbons (Fsp3) is 0.286. The summed E-state index contributed by atoms with van der Waals surface area (Å²) in [5.74, 6) is -0.416. The molecule has 0 aliphatic heterocycles. The Labute approximate surface area is 68.7 Å². The van der Waals surface area contributed by atoms with E-state index >= 15 is 0 Å². The summed E-state index contributed by atoms with van der Waals surface area (Å²) in [6.07, 6.45) is 0. The number of ketones is 1. The average molecular weight is 168 g/mol. The molecule has 0 atom stereocenters. The Morgan fingerprint density at radius 2 is 2.25 bits per heavy atom. The lowest BCUT2D eigenvalue weighted by Crippen LogP contribution is -2.19. The number of carbonyl (C=O) groups excluding carboxylic acids is 2. The maximum atomic E-state index is 10.8. The van der Waals surface area contributed by atoms with Crippen molar-refractivity contribution in [3.63, 3.8) is 0 Å². The fourth-order valence-corrected chi connectivity index (χ4v) is 0.630. The molecule has 5 heteroatoms. The molecular weight excluding hydrogens is 160 g/mol. The van der Waals surface area contributed by atoms with Gasteiger partial charge in [0, 0.05) is 13.0 Å². The van der Waals surface area contributed by atoms with E-state index in [1.807, 2.05) is 0 Å². The molecule has 0 saturated carbocycles. The number of aromatic nitrogens is 1. The van der Waals surface area contributed by atoms with Crippen LogP contribution in [0.15, 0.2) is 10.6 Å². The highest BCUT2D eigenvalue weighted by Crippen LogP contribution is 2.06. The van der Waals surface area contributed by atoms with E-state index in [-0.39, 0.29) is 5.82 Å². The highest BCUT2D eigenvalue weighted by molar-refractivity contribution is 6.39. The number of carbonyl (C=O) groups is 2. The lowest BCUT2D eigenvalue weighted by atomic mass is 10.4. The molecule has 1 aromatic rings. The third-order valence-corrected chi connectivity index (χ3v) is 1.19. The highest BCUT2D eigenvalue weighted by Gasteiger charge is 2.09. The van der Waals surface area contributed by atoms with Gasteiger partial charge < -0.3 is 9.84 Å². The van der Waals surface area contributed by atoms with Gasteiger partial charge in [-0.05, 0) is 6.92 Å². The number of hydrogen-bond donors (Lipinski definition) is 1. The van der Waals surface area contributed by atoms with Gasteiger partial charge in [-0.25, -0.2) is 0 Å². The number of aryl methyl sites for hydroxylation is 1. The van der Waals surface area contributed by atoms with Crippen LogP contribution in [0.5, 0.6) is 0 Å². The van der Waals surface area contributed by atoms with Crippen molar-refractivity contribution in [1.82, 2.24) is 5.16 Å². The van der Waals surface area contributed by atoms with Gasteiger partial charge in [-0.3, -0.25) is 9.59 Å². The summed E-state index contributed by atoms with van der Waals surface area (Å²) in [6, 6.07) is 1.53. The van der Waals surface area contributed by atoms with E-state index < -0.39 is 11.7 Å². The monoisotopic (exact) mass is 168 g/mol. The highest BCUT2D eigenvalue weighted by atomic mass is 16.5. The van der Waals surface area contributed by atoms with Crippen molar-refractivity contribution in [3.8, 4) is 0 Å². The van der Waals surface area contributed by atoms with Gasteiger partial charge in [0.25, 0.3) is 5.91 Å². The molecule has 0 aliphatic carbocycles. The van der Waals surface area contributed by atoms with Gasteiger partial charge in [-0.15, -0.1) is 0 Å². The summed E-state index contributed by atoms with van der Waals surface area (Å²) < 4.78 is 4.67.